The Morgan fingerprint density at radius 3 is 0.467 bits per heavy atom. The van der Waals surface area contributed by atoms with E-state index in [1.165, 1.54) is 59.2 Å². The summed E-state index contributed by atoms with van der Waals surface area (Å²) in [6.07, 6.45) is 0. The minimum absolute atomic E-state index is 0. The van der Waals surface area contributed by atoms with E-state index in [4.69, 9.17) is 0 Å². The molecular weight excluding hydrogens is 525 g/mol. The maximum Gasteiger partial charge on any atom is 3.00 e. The topological polar surface area (TPSA) is 0 Å². The molecule has 0 bridgehead atoms. The van der Waals surface area contributed by atoms with Gasteiger partial charge in [-0.05, 0) is 59.2 Å². The molecule has 0 amide bonds. The summed E-state index contributed by atoms with van der Waals surface area (Å²) in [5.74, 6) is 14.7. The van der Waals surface area contributed by atoms with Crippen LogP contribution in [0.15, 0.2) is 0 Å². The molecule has 0 spiro atoms. The van der Waals surface area contributed by atoms with Crippen LogP contribution in [0.1, 0.15) is 69.2 Å². The van der Waals surface area contributed by atoms with Gasteiger partial charge in [0.2, 0.25) is 0 Å². The van der Waals surface area contributed by atoms with Gasteiger partial charge < -0.3 is 5.67 Å². The van der Waals surface area contributed by atoms with Crippen molar-refractivity contribution in [1.82, 2.24) is 0 Å². The maximum absolute atomic E-state index is 2.65. The van der Waals surface area contributed by atoms with Crippen molar-refractivity contribution < 1.29 is 40.8 Å². The molecule has 11 radical (unpaired) electrons. The van der Waals surface area contributed by atoms with Crippen LogP contribution in [-0.4, -0.2) is 16.1 Å². The van der Waals surface area contributed by atoms with Crippen molar-refractivity contribution in [2.75, 3.05) is 0 Å². The van der Waals surface area contributed by atoms with E-state index in [1.807, 2.05) is 0 Å². The summed E-state index contributed by atoms with van der Waals surface area (Å²) in [5, 5.41) is 0. The van der Waals surface area contributed by atoms with Gasteiger partial charge in [0, 0.05) is 0 Å². The minimum Gasteiger partial charge on any atom is -0.327 e. The molecule has 2 fully saturated rings. The summed E-state index contributed by atoms with van der Waals surface area (Å²) in [6, 6.07) is 0. The van der Waals surface area contributed by atoms with Crippen LogP contribution in [0.3, 0.4) is 0 Å². The van der Waals surface area contributed by atoms with Crippen LogP contribution in [0.4, 0.5) is 0 Å². The first-order valence-electron chi connectivity index (χ1n) is 11.1. The first kappa shape index (κ1) is 34.0. The van der Waals surface area contributed by atoms with Crippen molar-refractivity contribution in [3.63, 3.8) is 0 Å². The predicted molar refractivity (Wildman–Crippen MR) is 140 cm³/mol. The molecule has 3 heteroatoms. The van der Waals surface area contributed by atoms with E-state index in [2.05, 4.69) is 114 Å². The van der Waals surface area contributed by atoms with E-state index < -0.39 is 16.1 Å². The van der Waals surface area contributed by atoms with Gasteiger partial charge in [-0.15, -0.1) is 16.1 Å². The van der Waals surface area contributed by atoms with Crippen LogP contribution in [0.5, 0.6) is 0 Å². The van der Waals surface area contributed by atoms with Gasteiger partial charge in [-0.25, -0.2) is 0 Å². The minimum atomic E-state index is -0.856. The quantitative estimate of drug-likeness (QED) is 0.228. The van der Waals surface area contributed by atoms with E-state index in [9.17, 15) is 0 Å². The SMILES string of the molecule is C[C]1[C](C)[C](C)[C](C)[C]1C.C[C]1[C](C)[C](C)[C](C)[C]1C.C[Si](C)(C)[CH-][Si](C)(C)C.[Nd+3]. The zero-order valence-electron chi connectivity index (χ0n) is 23.1. The molecule has 167 valence electrons. The molecule has 0 unspecified atom stereocenters. The van der Waals surface area contributed by atoms with Crippen LogP contribution >= 0.6 is 0 Å². The Kier molecular flexibility index (Phi) is 15.4. The smallest absolute Gasteiger partial charge is 0.327 e. The van der Waals surface area contributed by atoms with Gasteiger partial charge in [0.05, 0.1) is 0 Å². The third-order valence-electron chi connectivity index (χ3n) is 6.49. The molecule has 0 heterocycles. The molecule has 30 heavy (non-hydrogen) atoms. The van der Waals surface area contributed by atoms with Gasteiger partial charge in [-0.3, -0.25) is 0 Å². The molecule has 0 nitrogen and oxygen atoms in total. The number of rotatable bonds is 2. The second-order valence-electron chi connectivity index (χ2n) is 11.1. The van der Waals surface area contributed by atoms with E-state index >= 15 is 0 Å². The molecule has 2 rings (SSSR count). The van der Waals surface area contributed by atoms with Crippen LogP contribution < -0.4 is 0 Å². The van der Waals surface area contributed by atoms with Crippen LogP contribution in [0, 0.1) is 106 Å². The fourth-order valence-electron chi connectivity index (χ4n) is 4.11. The fraction of sp³-hybridized carbons (Fsp3) is 0.593. The van der Waals surface area contributed by atoms with Gasteiger partial charge in [-0.2, -0.15) is 0 Å². The Bertz CT molecular complexity index is 333. The van der Waals surface area contributed by atoms with E-state index in [0.29, 0.717) is 0 Å². The Balaban J connectivity index is 0. The largest absolute Gasteiger partial charge is 3.00 e. The summed E-state index contributed by atoms with van der Waals surface area (Å²) in [4.78, 5) is 0. The van der Waals surface area contributed by atoms with Crippen LogP contribution in [0.25, 0.3) is 0 Å². The second kappa shape index (κ2) is 13.6. The standard InChI is InChI=1S/2C10H15.C7H19Si2.Nd/c2*1-6-7(2)9(4)10(5)8(6)3;1-8(2,3)7-9(4,5)6;/h2*1-5H3;7H,1-6H3;/q;;-1;+3. The summed E-state index contributed by atoms with van der Waals surface area (Å²) < 4.78 is 0. The molecule has 0 aromatic rings. The maximum atomic E-state index is 2.65. The van der Waals surface area contributed by atoms with Crippen molar-refractivity contribution in [1.29, 1.82) is 0 Å². The van der Waals surface area contributed by atoms with Crippen molar-refractivity contribution in [2.24, 2.45) is 0 Å². The molecule has 2 aliphatic rings. The number of hydrogen-bond acceptors (Lipinski definition) is 0. The summed E-state index contributed by atoms with van der Waals surface area (Å²) in [6.45, 7) is 36.4. The number of hydrogen-bond donors (Lipinski definition) is 0. The third-order valence-corrected chi connectivity index (χ3v) is 13.4. The molecule has 0 aromatic carbocycles. The second-order valence-corrected chi connectivity index (χ2v) is 21.7. The first-order valence-corrected chi connectivity index (χ1v) is 18.2. The third kappa shape index (κ3) is 10.8. The van der Waals surface area contributed by atoms with Gasteiger partial charge in [-0.1, -0.05) is 109 Å². The molecule has 2 aliphatic carbocycles. The van der Waals surface area contributed by atoms with Crippen molar-refractivity contribution in [2.45, 2.75) is 109 Å². The molecule has 0 saturated heterocycles. The molecule has 0 aliphatic heterocycles. The Hall–Kier alpha value is 1.78. The average Bonchev–Trinajstić information content (AvgIpc) is 2.83. The monoisotopic (exact) mass is 571 g/mol. The van der Waals surface area contributed by atoms with Gasteiger partial charge in [0.25, 0.3) is 0 Å². The molecular formula is C27H49NdSi2+2. The summed E-state index contributed by atoms with van der Waals surface area (Å²) in [5.41, 5.74) is 2.65. The van der Waals surface area contributed by atoms with E-state index in [1.54, 1.807) is 0 Å². The molecule has 0 atom stereocenters. The van der Waals surface area contributed by atoms with Crippen LogP contribution in [-0.2, 0) is 0 Å². The summed E-state index contributed by atoms with van der Waals surface area (Å²) >= 11 is 0. The zero-order chi connectivity index (χ0) is 23.5. The predicted octanol–water partition coefficient (Wildman–Crippen LogP) is 8.89. The normalized spacial score (nSPS) is 23.2. The Morgan fingerprint density at radius 2 is 0.433 bits per heavy atom. The molecule has 2 saturated carbocycles. The van der Waals surface area contributed by atoms with Gasteiger partial charge in [0.15, 0.2) is 0 Å². The van der Waals surface area contributed by atoms with Crippen molar-refractivity contribution in [3.8, 4) is 0 Å². The zero-order valence-corrected chi connectivity index (χ0v) is 28.3. The fourth-order valence-corrected chi connectivity index (χ4v) is 14.5. The van der Waals surface area contributed by atoms with Crippen molar-refractivity contribution in [3.05, 3.63) is 64.8 Å². The van der Waals surface area contributed by atoms with Gasteiger partial charge in [0.1, 0.15) is 0 Å². The van der Waals surface area contributed by atoms with Gasteiger partial charge >= 0.3 is 40.8 Å². The Morgan fingerprint density at radius 1 is 0.333 bits per heavy atom. The molecule has 0 aromatic heterocycles. The van der Waals surface area contributed by atoms with E-state index in [-0.39, 0.29) is 40.8 Å². The Labute approximate surface area is 228 Å². The molecule has 0 N–H and O–H groups in total. The first-order chi connectivity index (χ1) is 12.8. The van der Waals surface area contributed by atoms with Crippen LogP contribution in [0.2, 0.25) is 39.3 Å². The van der Waals surface area contributed by atoms with Crippen molar-refractivity contribution >= 4 is 16.1 Å². The summed E-state index contributed by atoms with van der Waals surface area (Å²) in [7, 11) is -1.71. The van der Waals surface area contributed by atoms with E-state index in [0.717, 1.165) is 0 Å². The average molecular weight is 574 g/mol.